The van der Waals surface area contributed by atoms with Gasteiger partial charge in [-0.15, -0.1) is 0 Å². The highest BCUT2D eigenvalue weighted by Gasteiger charge is 2.27. The molecule has 108 valence electrons. The smallest absolute Gasteiger partial charge is 0.170 e. The van der Waals surface area contributed by atoms with Crippen LogP contribution in [0.5, 0.6) is 17.2 Å². The topological polar surface area (TPSA) is 44.8 Å². The van der Waals surface area contributed by atoms with E-state index in [0.717, 1.165) is 11.3 Å². The minimum atomic E-state index is -0.275. The second kappa shape index (κ2) is 5.48. The SMILES string of the molecule is COc1ccc([C@@H]2CC(=O)c3ccc(OC)cc3O2)cc1. The maximum atomic E-state index is 12.2. The standard InChI is InChI=1S/C17H16O4/c1-19-12-5-3-11(4-6-12)16-10-15(18)14-8-7-13(20-2)9-17(14)21-16/h3-9,16H,10H2,1-2H3/t16-/m0/s1. The average Bonchev–Trinajstić information content (AvgIpc) is 2.54. The van der Waals surface area contributed by atoms with Crippen LogP contribution in [0.3, 0.4) is 0 Å². The van der Waals surface area contributed by atoms with Gasteiger partial charge in [0.2, 0.25) is 0 Å². The summed E-state index contributed by atoms with van der Waals surface area (Å²) in [6.45, 7) is 0. The van der Waals surface area contributed by atoms with Crippen molar-refractivity contribution < 1.29 is 19.0 Å². The molecule has 3 rings (SSSR count). The first kappa shape index (κ1) is 13.5. The lowest BCUT2D eigenvalue weighted by molar-refractivity contribution is 0.0849. The average molecular weight is 284 g/mol. The summed E-state index contributed by atoms with van der Waals surface area (Å²) in [5, 5.41) is 0. The second-order valence-corrected chi connectivity index (χ2v) is 4.87. The van der Waals surface area contributed by atoms with Gasteiger partial charge in [-0.05, 0) is 29.8 Å². The predicted octanol–water partition coefficient (Wildman–Crippen LogP) is 3.41. The van der Waals surface area contributed by atoms with Gasteiger partial charge >= 0.3 is 0 Å². The number of carbonyl (C=O) groups is 1. The predicted molar refractivity (Wildman–Crippen MR) is 78.3 cm³/mol. The van der Waals surface area contributed by atoms with Crippen molar-refractivity contribution in [1.29, 1.82) is 0 Å². The molecule has 4 nitrogen and oxygen atoms in total. The van der Waals surface area contributed by atoms with Gasteiger partial charge in [0.05, 0.1) is 26.2 Å². The van der Waals surface area contributed by atoms with Gasteiger partial charge in [-0.2, -0.15) is 0 Å². The normalized spacial score (nSPS) is 16.9. The number of carbonyl (C=O) groups excluding carboxylic acids is 1. The molecule has 0 aromatic heterocycles. The maximum absolute atomic E-state index is 12.2. The van der Waals surface area contributed by atoms with E-state index < -0.39 is 0 Å². The Bertz CT molecular complexity index is 661. The Morgan fingerprint density at radius 3 is 2.33 bits per heavy atom. The lowest BCUT2D eigenvalue weighted by Gasteiger charge is -2.26. The van der Waals surface area contributed by atoms with Gasteiger partial charge in [-0.3, -0.25) is 4.79 Å². The summed E-state index contributed by atoms with van der Waals surface area (Å²) >= 11 is 0. The fraction of sp³-hybridized carbons (Fsp3) is 0.235. The highest BCUT2D eigenvalue weighted by atomic mass is 16.5. The summed E-state index contributed by atoms with van der Waals surface area (Å²) in [5.41, 5.74) is 1.57. The Morgan fingerprint density at radius 1 is 1.00 bits per heavy atom. The van der Waals surface area contributed by atoms with E-state index in [1.165, 1.54) is 0 Å². The summed E-state index contributed by atoms with van der Waals surface area (Å²) < 4.78 is 16.3. The van der Waals surface area contributed by atoms with E-state index in [1.54, 1.807) is 32.4 Å². The Hall–Kier alpha value is -2.49. The van der Waals surface area contributed by atoms with Gasteiger partial charge in [-0.25, -0.2) is 0 Å². The molecular weight excluding hydrogens is 268 g/mol. The van der Waals surface area contributed by atoms with Crippen molar-refractivity contribution in [1.82, 2.24) is 0 Å². The van der Waals surface area contributed by atoms with Crippen molar-refractivity contribution in [3.05, 3.63) is 53.6 Å². The molecule has 0 fully saturated rings. The molecule has 2 aromatic rings. The maximum Gasteiger partial charge on any atom is 0.170 e. The number of ketones is 1. The zero-order valence-electron chi connectivity index (χ0n) is 12.0. The number of hydrogen-bond donors (Lipinski definition) is 0. The molecule has 1 atom stereocenters. The molecule has 2 aromatic carbocycles. The highest BCUT2D eigenvalue weighted by Crippen LogP contribution is 2.37. The van der Waals surface area contributed by atoms with Crippen LogP contribution in [0.4, 0.5) is 0 Å². The molecule has 4 heteroatoms. The molecule has 1 aliphatic rings. The Kier molecular flexibility index (Phi) is 3.52. The first-order valence-corrected chi connectivity index (χ1v) is 6.73. The summed E-state index contributed by atoms with van der Waals surface area (Å²) in [7, 11) is 3.21. The number of ether oxygens (including phenoxy) is 3. The molecule has 0 radical (unpaired) electrons. The lowest BCUT2D eigenvalue weighted by atomic mass is 9.96. The largest absolute Gasteiger partial charge is 0.497 e. The van der Waals surface area contributed by atoms with Crippen molar-refractivity contribution in [2.24, 2.45) is 0 Å². The van der Waals surface area contributed by atoms with Gasteiger partial charge < -0.3 is 14.2 Å². The summed E-state index contributed by atoms with van der Waals surface area (Å²) in [5.74, 6) is 2.12. The first-order valence-electron chi connectivity index (χ1n) is 6.73. The number of hydrogen-bond acceptors (Lipinski definition) is 4. The molecule has 1 heterocycles. The molecule has 0 bridgehead atoms. The summed E-state index contributed by atoms with van der Waals surface area (Å²) in [6, 6.07) is 12.8. The third kappa shape index (κ3) is 2.57. The van der Waals surface area contributed by atoms with Crippen LogP contribution in [-0.2, 0) is 0 Å². The molecule has 0 amide bonds. The molecule has 1 aliphatic heterocycles. The van der Waals surface area contributed by atoms with Crippen LogP contribution in [0.2, 0.25) is 0 Å². The highest BCUT2D eigenvalue weighted by molar-refractivity contribution is 6.00. The number of Topliss-reactive ketones (excluding diaryl/α,β-unsaturated/α-hetero) is 1. The molecule has 0 saturated carbocycles. The molecule has 21 heavy (non-hydrogen) atoms. The first-order chi connectivity index (χ1) is 10.2. The van der Waals surface area contributed by atoms with Crippen molar-refractivity contribution in [2.45, 2.75) is 12.5 Å². The molecule has 0 unspecified atom stereocenters. The van der Waals surface area contributed by atoms with E-state index in [4.69, 9.17) is 14.2 Å². The Morgan fingerprint density at radius 2 is 1.67 bits per heavy atom. The van der Waals surface area contributed by atoms with Crippen molar-refractivity contribution >= 4 is 5.78 Å². The van der Waals surface area contributed by atoms with Crippen LogP contribution >= 0.6 is 0 Å². The number of methoxy groups -OCH3 is 2. The van der Waals surface area contributed by atoms with Crippen LogP contribution in [-0.4, -0.2) is 20.0 Å². The molecular formula is C17H16O4. The molecule has 0 N–H and O–H groups in total. The zero-order chi connectivity index (χ0) is 14.8. The fourth-order valence-corrected chi connectivity index (χ4v) is 2.44. The van der Waals surface area contributed by atoms with Gasteiger partial charge in [0.25, 0.3) is 0 Å². The third-order valence-electron chi connectivity index (χ3n) is 3.62. The Balaban J connectivity index is 1.90. The van der Waals surface area contributed by atoms with E-state index in [9.17, 15) is 4.79 Å². The minimum Gasteiger partial charge on any atom is -0.497 e. The van der Waals surface area contributed by atoms with Crippen molar-refractivity contribution in [3.8, 4) is 17.2 Å². The third-order valence-corrected chi connectivity index (χ3v) is 3.62. The van der Waals surface area contributed by atoms with Gasteiger partial charge in [0, 0.05) is 6.07 Å². The van der Waals surface area contributed by atoms with Gasteiger partial charge in [-0.1, -0.05) is 12.1 Å². The number of benzene rings is 2. The van der Waals surface area contributed by atoms with Crippen molar-refractivity contribution in [2.75, 3.05) is 14.2 Å². The summed E-state index contributed by atoms with van der Waals surface area (Å²) in [4.78, 5) is 12.2. The molecule has 0 saturated heterocycles. The zero-order valence-corrected chi connectivity index (χ0v) is 12.0. The van der Waals surface area contributed by atoms with E-state index in [0.29, 0.717) is 23.5 Å². The summed E-state index contributed by atoms with van der Waals surface area (Å²) in [6.07, 6.45) is 0.0640. The van der Waals surface area contributed by atoms with Crippen molar-refractivity contribution in [3.63, 3.8) is 0 Å². The van der Waals surface area contributed by atoms with E-state index in [2.05, 4.69) is 0 Å². The molecule has 0 spiro atoms. The van der Waals surface area contributed by atoms with Crippen LogP contribution < -0.4 is 14.2 Å². The lowest BCUT2D eigenvalue weighted by Crippen LogP contribution is -2.20. The number of rotatable bonds is 3. The fourth-order valence-electron chi connectivity index (χ4n) is 2.44. The van der Waals surface area contributed by atoms with E-state index in [-0.39, 0.29) is 11.9 Å². The number of fused-ring (bicyclic) bond motifs is 1. The van der Waals surface area contributed by atoms with E-state index in [1.807, 2.05) is 24.3 Å². The van der Waals surface area contributed by atoms with Crippen LogP contribution in [0.1, 0.15) is 28.4 Å². The quantitative estimate of drug-likeness (QED) is 0.866. The van der Waals surface area contributed by atoms with Crippen LogP contribution in [0, 0.1) is 0 Å². The van der Waals surface area contributed by atoms with Crippen LogP contribution in [0.15, 0.2) is 42.5 Å². The minimum absolute atomic E-state index is 0.0831. The monoisotopic (exact) mass is 284 g/mol. The second-order valence-electron chi connectivity index (χ2n) is 4.87. The van der Waals surface area contributed by atoms with Gasteiger partial charge in [0.1, 0.15) is 23.4 Å². The van der Waals surface area contributed by atoms with Gasteiger partial charge in [0.15, 0.2) is 5.78 Å². The Labute approximate surface area is 123 Å². The van der Waals surface area contributed by atoms with E-state index >= 15 is 0 Å². The van der Waals surface area contributed by atoms with Crippen LogP contribution in [0.25, 0.3) is 0 Å². The molecule has 0 aliphatic carbocycles.